The van der Waals surface area contributed by atoms with Crippen LogP contribution in [-0.2, 0) is 0 Å². The highest BCUT2D eigenvalue weighted by atomic mass is 32.2. The van der Waals surface area contributed by atoms with Crippen LogP contribution < -0.4 is 10.1 Å². The van der Waals surface area contributed by atoms with E-state index in [1.807, 2.05) is 48.5 Å². The molecule has 0 fully saturated rings. The van der Waals surface area contributed by atoms with Crippen molar-refractivity contribution in [3.63, 3.8) is 0 Å². The van der Waals surface area contributed by atoms with Crippen LogP contribution >= 0.6 is 11.8 Å². The minimum atomic E-state index is -0.198. The Balaban J connectivity index is 1.66. The molecule has 0 bridgehead atoms. The summed E-state index contributed by atoms with van der Waals surface area (Å²) in [6.07, 6.45) is 6.27. The van der Waals surface area contributed by atoms with Crippen molar-refractivity contribution in [2.24, 2.45) is 0 Å². The zero-order chi connectivity index (χ0) is 21.9. The molecule has 0 aromatic heterocycles. The van der Waals surface area contributed by atoms with E-state index in [2.05, 4.69) is 24.4 Å². The van der Waals surface area contributed by atoms with Crippen molar-refractivity contribution in [3.8, 4) is 11.8 Å². The summed E-state index contributed by atoms with van der Waals surface area (Å²) in [5.41, 5.74) is 1.85. The number of hydrogen-bond acceptors (Lipinski definition) is 4. The molecule has 0 saturated heterocycles. The van der Waals surface area contributed by atoms with Gasteiger partial charge in [0.15, 0.2) is 0 Å². The molecule has 0 heterocycles. The molecule has 3 aromatic carbocycles. The van der Waals surface area contributed by atoms with Gasteiger partial charge in [-0.15, -0.1) is 0 Å². The number of amides is 1. The molecule has 0 aliphatic rings. The molecular formula is C26H24N2O2S. The summed E-state index contributed by atoms with van der Waals surface area (Å²) >= 11 is 1.46. The summed E-state index contributed by atoms with van der Waals surface area (Å²) in [5, 5.41) is 12.3. The lowest BCUT2D eigenvalue weighted by Crippen LogP contribution is -2.12. The van der Waals surface area contributed by atoms with E-state index >= 15 is 0 Å². The fourth-order valence-electron chi connectivity index (χ4n) is 2.82. The van der Waals surface area contributed by atoms with Crippen molar-refractivity contribution in [1.29, 1.82) is 5.26 Å². The Bertz CT molecular complexity index is 1090. The highest BCUT2D eigenvalue weighted by Gasteiger charge is 2.11. The average molecular weight is 429 g/mol. The molecule has 3 rings (SSSR count). The normalized spacial score (nSPS) is 10.6. The first-order valence-corrected chi connectivity index (χ1v) is 11.0. The van der Waals surface area contributed by atoms with Gasteiger partial charge in [0.25, 0.3) is 5.91 Å². The lowest BCUT2D eigenvalue weighted by molar-refractivity contribution is 0.102. The summed E-state index contributed by atoms with van der Waals surface area (Å²) in [6.45, 7) is 2.65. The molecule has 31 heavy (non-hydrogen) atoms. The van der Waals surface area contributed by atoms with Crippen molar-refractivity contribution in [3.05, 3.63) is 96.1 Å². The molecule has 4 nitrogen and oxygen atoms in total. The van der Waals surface area contributed by atoms with Crippen molar-refractivity contribution in [1.82, 2.24) is 0 Å². The second-order valence-corrected chi connectivity index (χ2v) is 7.84. The van der Waals surface area contributed by atoms with E-state index in [9.17, 15) is 10.1 Å². The minimum absolute atomic E-state index is 0.198. The maximum atomic E-state index is 12.8. The Kier molecular flexibility index (Phi) is 8.33. The smallest absolute Gasteiger partial charge is 0.255 e. The van der Waals surface area contributed by atoms with Crippen LogP contribution in [0.3, 0.4) is 0 Å². The average Bonchev–Trinajstić information content (AvgIpc) is 2.81. The van der Waals surface area contributed by atoms with Gasteiger partial charge in [-0.05, 0) is 55.0 Å². The van der Waals surface area contributed by atoms with Crippen LogP contribution in [0.1, 0.15) is 35.7 Å². The first kappa shape index (κ1) is 22.2. The maximum Gasteiger partial charge on any atom is 0.255 e. The Labute approximate surface area is 187 Å². The van der Waals surface area contributed by atoms with Crippen LogP contribution in [0.15, 0.2) is 94.7 Å². The molecule has 1 amide bonds. The number of carbonyl (C=O) groups is 1. The molecule has 0 radical (unpaired) electrons. The van der Waals surface area contributed by atoms with Gasteiger partial charge in [0.2, 0.25) is 0 Å². The van der Waals surface area contributed by atoms with E-state index in [1.165, 1.54) is 11.8 Å². The highest BCUT2D eigenvalue weighted by Crippen LogP contribution is 2.35. The van der Waals surface area contributed by atoms with Crippen LogP contribution in [-0.4, -0.2) is 12.5 Å². The number of para-hydroxylation sites is 1. The molecule has 0 aliphatic carbocycles. The topological polar surface area (TPSA) is 62.1 Å². The van der Waals surface area contributed by atoms with E-state index in [0.717, 1.165) is 28.4 Å². The number of benzene rings is 3. The van der Waals surface area contributed by atoms with Gasteiger partial charge in [-0.3, -0.25) is 4.79 Å². The third kappa shape index (κ3) is 6.50. The zero-order valence-electron chi connectivity index (χ0n) is 17.4. The van der Waals surface area contributed by atoms with Crippen LogP contribution in [0.25, 0.3) is 0 Å². The fourth-order valence-corrected chi connectivity index (χ4v) is 3.80. The summed E-state index contributed by atoms with van der Waals surface area (Å²) in [5.74, 6) is 0.526. The number of nitrogens with zero attached hydrogens (tertiary/aromatic N) is 1. The largest absolute Gasteiger partial charge is 0.490 e. The van der Waals surface area contributed by atoms with Gasteiger partial charge in [0.05, 0.1) is 11.3 Å². The first-order chi connectivity index (χ1) is 15.2. The van der Waals surface area contributed by atoms with Gasteiger partial charge in [0.1, 0.15) is 18.4 Å². The number of anilines is 1. The molecule has 5 heteroatoms. The van der Waals surface area contributed by atoms with Crippen molar-refractivity contribution in [2.45, 2.75) is 29.6 Å². The third-order valence-electron chi connectivity index (χ3n) is 4.45. The maximum absolute atomic E-state index is 12.8. The molecule has 1 N–H and O–H groups in total. The lowest BCUT2D eigenvalue weighted by atomic mass is 10.2. The summed E-state index contributed by atoms with van der Waals surface area (Å²) in [4.78, 5) is 14.5. The molecule has 3 aromatic rings. The Morgan fingerprint density at radius 1 is 1.00 bits per heavy atom. The predicted octanol–water partition coefficient (Wildman–Crippen LogP) is 6.70. The first-order valence-electron chi connectivity index (χ1n) is 10.2. The van der Waals surface area contributed by atoms with E-state index < -0.39 is 0 Å². The van der Waals surface area contributed by atoms with Crippen LogP contribution in [0, 0.1) is 11.3 Å². The Hall–Kier alpha value is -3.49. The standard InChI is InChI=1S/C26H24N2O2S/c1-2-3-4-9-18-30-22-16-14-20(15-17-22)26(29)28-23-11-6-8-13-25(23)31-24-12-7-5-10-21(24)19-27/h4-17H,2-3,18H2,1H3,(H,28,29). The van der Waals surface area contributed by atoms with E-state index in [4.69, 9.17) is 4.74 Å². The molecule has 0 unspecified atom stereocenters. The number of hydrogen-bond donors (Lipinski definition) is 1. The summed E-state index contributed by atoms with van der Waals surface area (Å²) in [7, 11) is 0. The molecule has 0 atom stereocenters. The van der Waals surface area contributed by atoms with Crippen molar-refractivity contribution >= 4 is 23.4 Å². The molecule has 156 valence electrons. The Morgan fingerprint density at radius 2 is 1.71 bits per heavy atom. The SMILES string of the molecule is CCCC=CCOc1ccc(C(=O)Nc2ccccc2Sc2ccccc2C#N)cc1. The number of ether oxygens (including phenoxy) is 1. The number of unbranched alkanes of at least 4 members (excludes halogenated alkanes) is 1. The quantitative estimate of drug-likeness (QED) is 0.385. The molecular weight excluding hydrogens is 404 g/mol. The predicted molar refractivity (Wildman–Crippen MR) is 126 cm³/mol. The van der Waals surface area contributed by atoms with Gasteiger partial charge in [-0.2, -0.15) is 5.26 Å². The molecule has 0 spiro atoms. The van der Waals surface area contributed by atoms with Crippen LogP contribution in [0.5, 0.6) is 5.75 Å². The van der Waals surface area contributed by atoms with Crippen LogP contribution in [0.4, 0.5) is 5.69 Å². The van der Waals surface area contributed by atoms with Gasteiger partial charge in [-0.25, -0.2) is 0 Å². The van der Waals surface area contributed by atoms with Gasteiger partial charge < -0.3 is 10.1 Å². The van der Waals surface area contributed by atoms with Gasteiger partial charge >= 0.3 is 0 Å². The van der Waals surface area contributed by atoms with Gasteiger partial charge in [0, 0.05) is 15.4 Å². The van der Waals surface area contributed by atoms with Gasteiger partial charge in [-0.1, -0.05) is 61.5 Å². The van der Waals surface area contributed by atoms with Crippen LogP contribution in [0.2, 0.25) is 0 Å². The number of rotatable bonds is 9. The number of carbonyl (C=O) groups excluding carboxylic acids is 1. The lowest BCUT2D eigenvalue weighted by Gasteiger charge is -2.12. The molecule has 0 aliphatic heterocycles. The van der Waals surface area contributed by atoms with Crippen molar-refractivity contribution < 1.29 is 9.53 Å². The molecule has 0 saturated carbocycles. The number of allylic oxidation sites excluding steroid dienone is 1. The highest BCUT2D eigenvalue weighted by molar-refractivity contribution is 7.99. The summed E-state index contributed by atoms with van der Waals surface area (Å²) < 4.78 is 5.66. The van der Waals surface area contributed by atoms with E-state index in [0.29, 0.717) is 23.4 Å². The number of nitrogens with one attached hydrogen (secondary N) is 1. The van der Waals surface area contributed by atoms with E-state index in [1.54, 1.807) is 30.3 Å². The Morgan fingerprint density at radius 3 is 2.45 bits per heavy atom. The minimum Gasteiger partial charge on any atom is -0.490 e. The second-order valence-electron chi connectivity index (χ2n) is 6.76. The van der Waals surface area contributed by atoms with Crippen molar-refractivity contribution in [2.75, 3.05) is 11.9 Å². The fraction of sp³-hybridized carbons (Fsp3) is 0.154. The summed E-state index contributed by atoms with van der Waals surface area (Å²) in [6, 6.07) is 24.3. The third-order valence-corrected chi connectivity index (χ3v) is 5.60. The van der Waals surface area contributed by atoms with E-state index in [-0.39, 0.29) is 5.91 Å². The zero-order valence-corrected chi connectivity index (χ0v) is 18.2. The second kappa shape index (κ2) is 11.6. The number of nitriles is 1. The monoisotopic (exact) mass is 428 g/mol.